The van der Waals surface area contributed by atoms with E-state index in [4.69, 9.17) is 0 Å². The largest absolute Gasteiger partial charge is 0.313 e. The van der Waals surface area contributed by atoms with Crippen molar-refractivity contribution in [2.24, 2.45) is 11.8 Å². The minimum absolute atomic E-state index is 0.524. The van der Waals surface area contributed by atoms with Gasteiger partial charge >= 0.3 is 0 Å². The highest BCUT2D eigenvalue weighted by Crippen LogP contribution is 2.46. The van der Waals surface area contributed by atoms with Gasteiger partial charge in [-0.1, -0.05) is 61.5 Å². The predicted octanol–water partition coefficient (Wildman–Crippen LogP) is 4.19. The Balaban J connectivity index is 1.71. The summed E-state index contributed by atoms with van der Waals surface area (Å²) in [6, 6.07) is 20.3. The molecule has 1 aliphatic rings. The first-order valence-corrected chi connectivity index (χ1v) is 7.58. The van der Waals surface area contributed by atoms with Crippen LogP contribution < -0.4 is 5.32 Å². The first-order valence-electron chi connectivity index (χ1n) is 7.58. The van der Waals surface area contributed by atoms with Gasteiger partial charge in [-0.15, -0.1) is 0 Å². The zero-order valence-corrected chi connectivity index (χ0v) is 12.3. The maximum atomic E-state index is 3.48. The molecular weight excluding hydrogens is 242 g/mol. The lowest BCUT2D eigenvalue weighted by Crippen LogP contribution is -2.19. The van der Waals surface area contributed by atoms with Crippen LogP contribution in [-0.4, -0.2) is 7.05 Å². The van der Waals surface area contributed by atoms with Crippen molar-refractivity contribution in [3.63, 3.8) is 0 Å². The van der Waals surface area contributed by atoms with Gasteiger partial charge in [0.25, 0.3) is 0 Å². The van der Waals surface area contributed by atoms with Crippen molar-refractivity contribution in [1.82, 2.24) is 5.32 Å². The average molecular weight is 265 g/mol. The maximum absolute atomic E-state index is 3.48. The molecule has 0 aromatic heterocycles. The Labute approximate surface area is 122 Å². The van der Waals surface area contributed by atoms with E-state index in [9.17, 15) is 0 Å². The van der Waals surface area contributed by atoms with Crippen molar-refractivity contribution >= 4 is 0 Å². The number of hydrogen-bond acceptors (Lipinski definition) is 1. The zero-order chi connectivity index (χ0) is 13.9. The summed E-state index contributed by atoms with van der Waals surface area (Å²) < 4.78 is 0. The van der Waals surface area contributed by atoms with Gasteiger partial charge in [0, 0.05) is 6.04 Å². The van der Waals surface area contributed by atoms with E-state index in [0.29, 0.717) is 6.04 Å². The Bertz CT molecular complexity index is 544. The van der Waals surface area contributed by atoms with Crippen molar-refractivity contribution in [2.75, 3.05) is 7.05 Å². The molecule has 2 aromatic rings. The van der Waals surface area contributed by atoms with Crippen LogP contribution in [0.3, 0.4) is 0 Å². The number of nitrogens with one attached hydrogen (secondary N) is 1. The Hall–Kier alpha value is -1.60. The van der Waals surface area contributed by atoms with E-state index in [2.05, 4.69) is 73.9 Å². The molecule has 104 valence electrons. The van der Waals surface area contributed by atoms with Crippen LogP contribution in [0.5, 0.6) is 0 Å². The molecule has 0 bridgehead atoms. The van der Waals surface area contributed by atoms with Crippen LogP contribution in [0, 0.1) is 11.8 Å². The van der Waals surface area contributed by atoms with E-state index in [0.717, 1.165) is 18.3 Å². The summed E-state index contributed by atoms with van der Waals surface area (Å²) in [7, 11) is 2.08. The topological polar surface area (TPSA) is 12.0 Å². The third kappa shape index (κ3) is 2.94. The van der Waals surface area contributed by atoms with E-state index in [1.165, 1.54) is 23.1 Å². The predicted molar refractivity (Wildman–Crippen MR) is 84.8 cm³/mol. The molecule has 1 nitrogen and oxygen atoms in total. The summed E-state index contributed by atoms with van der Waals surface area (Å²) in [4.78, 5) is 0. The molecule has 0 radical (unpaired) electrons. The first kappa shape index (κ1) is 13.4. The first-order chi connectivity index (χ1) is 9.78. The molecule has 2 aromatic carbocycles. The van der Waals surface area contributed by atoms with Crippen molar-refractivity contribution < 1.29 is 0 Å². The van der Waals surface area contributed by atoms with Crippen LogP contribution in [0.25, 0.3) is 0 Å². The minimum Gasteiger partial charge on any atom is -0.313 e. The van der Waals surface area contributed by atoms with Gasteiger partial charge in [0.15, 0.2) is 0 Å². The van der Waals surface area contributed by atoms with E-state index in [1.807, 2.05) is 0 Å². The Kier molecular flexibility index (Phi) is 3.88. The highest BCUT2D eigenvalue weighted by Gasteiger charge is 2.39. The lowest BCUT2D eigenvalue weighted by Gasteiger charge is -2.17. The molecule has 0 spiro atoms. The molecule has 0 saturated heterocycles. The van der Waals surface area contributed by atoms with Gasteiger partial charge in [0.1, 0.15) is 0 Å². The summed E-state index contributed by atoms with van der Waals surface area (Å²) in [6.07, 6.45) is 2.38. The van der Waals surface area contributed by atoms with Crippen LogP contribution in [0.1, 0.15) is 36.1 Å². The quantitative estimate of drug-likeness (QED) is 0.854. The molecular formula is C19H23N. The molecule has 3 unspecified atom stereocenters. The second-order valence-corrected chi connectivity index (χ2v) is 6.05. The van der Waals surface area contributed by atoms with Gasteiger partial charge in [0.2, 0.25) is 0 Å². The van der Waals surface area contributed by atoms with E-state index < -0.39 is 0 Å². The summed E-state index contributed by atoms with van der Waals surface area (Å²) in [5, 5.41) is 3.48. The number of rotatable bonds is 5. The molecule has 1 fully saturated rings. The lowest BCUT2D eigenvalue weighted by molar-refractivity contribution is 0.504. The fourth-order valence-electron chi connectivity index (χ4n) is 3.12. The molecule has 1 saturated carbocycles. The van der Waals surface area contributed by atoms with Gasteiger partial charge < -0.3 is 5.32 Å². The number of hydrogen-bond donors (Lipinski definition) is 1. The van der Waals surface area contributed by atoms with Gasteiger partial charge in [-0.05, 0) is 48.4 Å². The molecule has 0 aliphatic heterocycles. The standard InChI is InChI=1S/C19H23N/c1-14-12-18(14)19(20-2)17-10-8-16(9-11-17)13-15-6-4-3-5-7-15/h3-11,14,18-20H,12-13H2,1-2H3. The van der Waals surface area contributed by atoms with Crippen LogP contribution >= 0.6 is 0 Å². The highest BCUT2D eigenvalue weighted by atomic mass is 14.9. The molecule has 20 heavy (non-hydrogen) atoms. The third-order valence-corrected chi connectivity index (χ3v) is 4.50. The fraction of sp³-hybridized carbons (Fsp3) is 0.368. The molecule has 3 atom stereocenters. The second kappa shape index (κ2) is 5.80. The van der Waals surface area contributed by atoms with Crippen LogP contribution in [0.15, 0.2) is 54.6 Å². The van der Waals surface area contributed by atoms with Gasteiger partial charge in [0.05, 0.1) is 0 Å². The smallest absolute Gasteiger partial charge is 0.0348 e. The third-order valence-electron chi connectivity index (χ3n) is 4.50. The molecule has 1 N–H and O–H groups in total. The molecule has 1 heteroatoms. The SMILES string of the molecule is CNC(c1ccc(Cc2ccccc2)cc1)C1CC1C. The van der Waals surface area contributed by atoms with Crippen molar-refractivity contribution in [1.29, 1.82) is 0 Å². The second-order valence-electron chi connectivity index (χ2n) is 6.05. The van der Waals surface area contributed by atoms with Crippen LogP contribution in [0.2, 0.25) is 0 Å². The van der Waals surface area contributed by atoms with Gasteiger partial charge in [-0.2, -0.15) is 0 Å². The fourth-order valence-corrected chi connectivity index (χ4v) is 3.12. The van der Waals surface area contributed by atoms with Crippen LogP contribution in [0.4, 0.5) is 0 Å². The van der Waals surface area contributed by atoms with Gasteiger partial charge in [-0.3, -0.25) is 0 Å². The monoisotopic (exact) mass is 265 g/mol. The molecule has 0 heterocycles. The lowest BCUT2D eigenvalue weighted by atomic mass is 9.98. The summed E-state index contributed by atoms with van der Waals surface area (Å²) >= 11 is 0. The zero-order valence-electron chi connectivity index (χ0n) is 12.3. The molecule has 0 amide bonds. The average Bonchev–Trinajstić information content (AvgIpc) is 3.19. The number of benzene rings is 2. The Morgan fingerprint density at radius 1 is 1.00 bits per heavy atom. The summed E-state index contributed by atoms with van der Waals surface area (Å²) in [5.41, 5.74) is 4.19. The normalized spacial score (nSPS) is 22.5. The van der Waals surface area contributed by atoms with Crippen molar-refractivity contribution in [3.8, 4) is 0 Å². The highest BCUT2D eigenvalue weighted by molar-refractivity contribution is 5.30. The summed E-state index contributed by atoms with van der Waals surface area (Å²) in [5.74, 6) is 1.69. The van der Waals surface area contributed by atoms with Crippen molar-refractivity contribution in [2.45, 2.75) is 25.8 Å². The van der Waals surface area contributed by atoms with Crippen molar-refractivity contribution in [3.05, 3.63) is 71.3 Å². The summed E-state index contributed by atoms with van der Waals surface area (Å²) in [6.45, 7) is 2.35. The molecule has 3 rings (SSSR count). The van der Waals surface area contributed by atoms with Crippen LogP contribution in [-0.2, 0) is 6.42 Å². The molecule has 1 aliphatic carbocycles. The van der Waals surface area contributed by atoms with Gasteiger partial charge in [-0.25, -0.2) is 0 Å². The Morgan fingerprint density at radius 2 is 1.60 bits per heavy atom. The maximum Gasteiger partial charge on any atom is 0.0348 e. The van der Waals surface area contributed by atoms with E-state index in [-0.39, 0.29) is 0 Å². The minimum atomic E-state index is 0.524. The van der Waals surface area contributed by atoms with E-state index in [1.54, 1.807) is 0 Å². The van der Waals surface area contributed by atoms with E-state index >= 15 is 0 Å². The Morgan fingerprint density at radius 3 is 2.15 bits per heavy atom.